The Labute approximate surface area is 179 Å². The SMILES string of the molecule is Cc1cc(C)c2nc(NCC(=O)c3cccc(S(=O)(=O)N4CCOCC4)c3)sc2c1. The molecule has 0 bridgehead atoms. The first-order valence-electron chi connectivity index (χ1n) is 9.67. The Bertz CT molecular complexity index is 1200. The summed E-state index contributed by atoms with van der Waals surface area (Å²) in [5.74, 6) is -0.193. The molecular formula is C21H23N3O4S2. The number of hydrogen-bond donors (Lipinski definition) is 1. The van der Waals surface area contributed by atoms with Crippen molar-refractivity contribution in [1.29, 1.82) is 0 Å². The van der Waals surface area contributed by atoms with Crippen molar-refractivity contribution >= 4 is 42.5 Å². The van der Waals surface area contributed by atoms with Crippen molar-refractivity contribution < 1.29 is 17.9 Å². The van der Waals surface area contributed by atoms with Crippen LogP contribution in [0.3, 0.4) is 0 Å². The number of ether oxygens (including phenoxy) is 1. The van der Waals surface area contributed by atoms with E-state index < -0.39 is 10.0 Å². The number of thiazole rings is 1. The number of fused-ring (bicyclic) bond motifs is 1. The molecule has 0 radical (unpaired) electrons. The number of aromatic nitrogens is 1. The lowest BCUT2D eigenvalue weighted by atomic mass is 10.1. The smallest absolute Gasteiger partial charge is 0.243 e. The number of carbonyl (C=O) groups is 1. The third-order valence-electron chi connectivity index (χ3n) is 4.99. The van der Waals surface area contributed by atoms with Gasteiger partial charge in [0.15, 0.2) is 10.9 Å². The molecule has 1 N–H and O–H groups in total. The molecule has 2 heterocycles. The molecule has 0 saturated carbocycles. The molecule has 0 atom stereocenters. The predicted octanol–water partition coefficient (Wildman–Crippen LogP) is 3.23. The van der Waals surface area contributed by atoms with E-state index in [1.54, 1.807) is 12.1 Å². The van der Waals surface area contributed by atoms with Crippen LogP contribution < -0.4 is 5.32 Å². The molecule has 1 saturated heterocycles. The van der Waals surface area contributed by atoms with E-state index in [1.165, 1.54) is 33.3 Å². The molecule has 0 aliphatic carbocycles. The summed E-state index contributed by atoms with van der Waals surface area (Å²) in [6.07, 6.45) is 0. The predicted molar refractivity (Wildman–Crippen MR) is 118 cm³/mol. The van der Waals surface area contributed by atoms with E-state index in [2.05, 4.69) is 22.4 Å². The number of anilines is 1. The van der Waals surface area contributed by atoms with Gasteiger partial charge in [0.2, 0.25) is 10.0 Å². The maximum atomic E-state index is 12.8. The van der Waals surface area contributed by atoms with Gasteiger partial charge in [-0.05, 0) is 43.2 Å². The molecule has 2 aromatic carbocycles. The first kappa shape index (κ1) is 20.9. The van der Waals surface area contributed by atoms with Gasteiger partial charge in [0.25, 0.3) is 0 Å². The Morgan fingerprint density at radius 2 is 1.97 bits per heavy atom. The number of Topliss-reactive ketones (excluding diaryl/α,β-unsaturated/α-hetero) is 1. The first-order chi connectivity index (χ1) is 14.3. The van der Waals surface area contributed by atoms with Gasteiger partial charge in [0, 0.05) is 18.7 Å². The van der Waals surface area contributed by atoms with Crippen molar-refractivity contribution in [2.75, 3.05) is 38.2 Å². The van der Waals surface area contributed by atoms with Gasteiger partial charge in [-0.1, -0.05) is 29.5 Å². The van der Waals surface area contributed by atoms with E-state index in [4.69, 9.17) is 4.74 Å². The largest absolute Gasteiger partial charge is 0.379 e. The average Bonchev–Trinajstić information content (AvgIpc) is 3.16. The molecule has 1 fully saturated rings. The molecule has 0 amide bonds. The standard InChI is InChI=1S/C21H23N3O4S2/c1-14-10-15(2)20-19(11-14)29-21(23-20)22-13-18(25)16-4-3-5-17(12-16)30(26,27)24-6-8-28-9-7-24/h3-5,10-12H,6-9,13H2,1-2H3,(H,22,23). The zero-order valence-electron chi connectivity index (χ0n) is 16.8. The Hall–Kier alpha value is -2.33. The van der Waals surface area contributed by atoms with Crippen LogP contribution in [0.15, 0.2) is 41.3 Å². The van der Waals surface area contributed by atoms with Crippen molar-refractivity contribution in [3.8, 4) is 0 Å². The van der Waals surface area contributed by atoms with Gasteiger partial charge in [-0.2, -0.15) is 4.31 Å². The molecule has 1 aromatic heterocycles. The van der Waals surface area contributed by atoms with Crippen LogP contribution >= 0.6 is 11.3 Å². The molecule has 3 aromatic rings. The van der Waals surface area contributed by atoms with Gasteiger partial charge in [0.05, 0.1) is 34.9 Å². The number of morpholine rings is 1. The number of hydrogen-bond acceptors (Lipinski definition) is 7. The molecule has 1 aliphatic heterocycles. The van der Waals surface area contributed by atoms with E-state index in [9.17, 15) is 13.2 Å². The van der Waals surface area contributed by atoms with Crippen LogP contribution in [0.4, 0.5) is 5.13 Å². The van der Waals surface area contributed by atoms with Crippen LogP contribution in [0, 0.1) is 13.8 Å². The van der Waals surface area contributed by atoms with Gasteiger partial charge in [-0.25, -0.2) is 13.4 Å². The molecule has 4 rings (SSSR count). The summed E-state index contributed by atoms with van der Waals surface area (Å²) in [7, 11) is -3.64. The summed E-state index contributed by atoms with van der Waals surface area (Å²) in [5.41, 5.74) is 3.55. The van der Waals surface area contributed by atoms with Crippen LogP contribution in [0.2, 0.25) is 0 Å². The summed E-state index contributed by atoms with van der Waals surface area (Å²) >= 11 is 1.50. The summed E-state index contributed by atoms with van der Waals surface area (Å²) in [6, 6.07) is 10.4. The van der Waals surface area contributed by atoms with Gasteiger partial charge >= 0.3 is 0 Å². The monoisotopic (exact) mass is 445 g/mol. The van der Waals surface area contributed by atoms with Crippen molar-refractivity contribution in [3.63, 3.8) is 0 Å². The Kier molecular flexibility index (Phi) is 5.88. The highest BCUT2D eigenvalue weighted by Gasteiger charge is 2.26. The number of nitrogens with one attached hydrogen (secondary N) is 1. The van der Waals surface area contributed by atoms with Gasteiger partial charge in [-0.3, -0.25) is 4.79 Å². The van der Waals surface area contributed by atoms with Crippen LogP contribution in [0.1, 0.15) is 21.5 Å². The number of rotatable bonds is 6. The number of sulfonamides is 1. The molecule has 7 nitrogen and oxygen atoms in total. The lowest BCUT2D eigenvalue weighted by molar-refractivity contribution is 0.0730. The molecule has 0 spiro atoms. The second kappa shape index (κ2) is 8.43. The highest BCUT2D eigenvalue weighted by atomic mass is 32.2. The normalized spacial score (nSPS) is 15.4. The average molecular weight is 446 g/mol. The minimum Gasteiger partial charge on any atom is -0.379 e. The van der Waals surface area contributed by atoms with E-state index >= 15 is 0 Å². The third-order valence-corrected chi connectivity index (χ3v) is 7.85. The lowest BCUT2D eigenvalue weighted by Crippen LogP contribution is -2.40. The number of benzene rings is 2. The highest BCUT2D eigenvalue weighted by molar-refractivity contribution is 7.89. The van der Waals surface area contributed by atoms with Crippen molar-refractivity contribution in [3.05, 3.63) is 53.1 Å². The van der Waals surface area contributed by atoms with Gasteiger partial charge in [0.1, 0.15) is 0 Å². The zero-order valence-corrected chi connectivity index (χ0v) is 18.5. The maximum Gasteiger partial charge on any atom is 0.243 e. The molecule has 1 aliphatic rings. The topological polar surface area (TPSA) is 88.6 Å². The molecular weight excluding hydrogens is 422 g/mol. The number of ketones is 1. The van der Waals surface area contributed by atoms with Gasteiger partial charge in [-0.15, -0.1) is 0 Å². The third kappa shape index (κ3) is 4.24. The Balaban J connectivity index is 1.49. The van der Waals surface area contributed by atoms with E-state index in [1.807, 2.05) is 13.8 Å². The fourth-order valence-electron chi connectivity index (χ4n) is 3.47. The van der Waals surface area contributed by atoms with E-state index in [0.717, 1.165) is 15.8 Å². The summed E-state index contributed by atoms with van der Waals surface area (Å²) in [6.45, 7) is 5.49. The minimum atomic E-state index is -3.64. The molecule has 0 unspecified atom stereocenters. The second-order valence-electron chi connectivity index (χ2n) is 7.27. The first-order valence-corrected chi connectivity index (χ1v) is 11.9. The number of carbonyl (C=O) groups excluding carboxylic acids is 1. The van der Waals surface area contributed by atoms with Crippen LogP contribution in [0.5, 0.6) is 0 Å². The van der Waals surface area contributed by atoms with Crippen LogP contribution in [-0.4, -0.2) is 56.3 Å². The highest BCUT2D eigenvalue weighted by Crippen LogP contribution is 2.29. The van der Waals surface area contributed by atoms with Crippen molar-refractivity contribution in [1.82, 2.24) is 9.29 Å². The maximum absolute atomic E-state index is 12.8. The van der Waals surface area contributed by atoms with Crippen molar-refractivity contribution in [2.45, 2.75) is 18.7 Å². The Morgan fingerprint density at radius 3 is 2.73 bits per heavy atom. The van der Waals surface area contributed by atoms with Crippen molar-refractivity contribution in [2.24, 2.45) is 0 Å². The minimum absolute atomic E-state index is 0.0406. The van der Waals surface area contributed by atoms with E-state index in [0.29, 0.717) is 37.0 Å². The van der Waals surface area contributed by atoms with Gasteiger partial charge < -0.3 is 10.1 Å². The quantitative estimate of drug-likeness (QED) is 0.586. The fraction of sp³-hybridized carbons (Fsp3) is 0.333. The Morgan fingerprint density at radius 1 is 1.20 bits per heavy atom. The van der Waals surface area contributed by atoms with E-state index in [-0.39, 0.29) is 17.2 Å². The summed E-state index contributed by atoms with van der Waals surface area (Å²) in [4.78, 5) is 17.4. The molecule has 158 valence electrons. The zero-order chi connectivity index (χ0) is 21.3. The second-order valence-corrected chi connectivity index (χ2v) is 10.2. The lowest BCUT2D eigenvalue weighted by Gasteiger charge is -2.26. The molecule has 9 heteroatoms. The number of aryl methyl sites for hydroxylation is 2. The van der Waals surface area contributed by atoms with Crippen LogP contribution in [0.25, 0.3) is 10.2 Å². The molecule has 30 heavy (non-hydrogen) atoms. The summed E-state index contributed by atoms with van der Waals surface area (Å²) < 4.78 is 33.4. The fourth-order valence-corrected chi connectivity index (χ4v) is 5.96. The van der Waals surface area contributed by atoms with Crippen LogP contribution in [-0.2, 0) is 14.8 Å². The summed E-state index contributed by atoms with van der Waals surface area (Å²) in [5, 5.41) is 3.75. The number of nitrogens with zero attached hydrogens (tertiary/aromatic N) is 2.